The number of halogens is 3. The summed E-state index contributed by atoms with van der Waals surface area (Å²) in [6.45, 7) is 1.95. The maximum atomic E-state index is 13.7. The Morgan fingerprint density at radius 3 is 2.61 bits per heavy atom. The fourth-order valence-electron chi connectivity index (χ4n) is 2.41. The molecule has 1 heterocycles. The van der Waals surface area contributed by atoms with Gasteiger partial charge < -0.3 is 16.0 Å². The van der Waals surface area contributed by atoms with Crippen molar-refractivity contribution in [3.05, 3.63) is 29.8 Å². The molecule has 2 unspecified atom stereocenters. The lowest BCUT2D eigenvalue weighted by molar-refractivity contribution is -0.126. The number of rotatable bonds is 5. The maximum absolute atomic E-state index is 13.7. The molecule has 1 saturated heterocycles. The molecule has 0 aliphatic carbocycles. The highest BCUT2D eigenvalue weighted by atomic mass is 35.5. The van der Waals surface area contributed by atoms with Gasteiger partial charge in [-0.05, 0) is 31.9 Å². The van der Waals surface area contributed by atoms with E-state index in [-0.39, 0.29) is 43.0 Å². The minimum absolute atomic E-state index is 0. The van der Waals surface area contributed by atoms with Gasteiger partial charge in [0.2, 0.25) is 11.8 Å². The Balaban J connectivity index is 0.00000264. The second-order valence-electron chi connectivity index (χ2n) is 5.48. The number of para-hydroxylation sites is 1. The normalized spacial score (nSPS) is 18.5. The molecule has 0 bridgehead atoms. The van der Waals surface area contributed by atoms with Crippen molar-refractivity contribution in [1.29, 1.82) is 0 Å². The number of carbonyl (C=O) groups excluding carboxylic acids is 2. The number of hydrogen-bond donors (Lipinski definition) is 2. The van der Waals surface area contributed by atoms with Gasteiger partial charge >= 0.3 is 0 Å². The molecular weight excluding hydrogens is 328 g/mol. The van der Waals surface area contributed by atoms with Gasteiger partial charge in [-0.15, -0.1) is 12.4 Å². The van der Waals surface area contributed by atoms with Crippen molar-refractivity contribution in [3.63, 3.8) is 0 Å². The van der Waals surface area contributed by atoms with Crippen LogP contribution in [0, 0.1) is 11.6 Å². The number of nitrogens with two attached hydrogens (primary N) is 1. The van der Waals surface area contributed by atoms with Crippen molar-refractivity contribution >= 4 is 29.9 Å². The van der Waals surface area contributed by atoms with Gasteiger partial charge in [0, 0.05) is 19.0 Å². The number of nitrogens with one attached hydrogen (secondary N) is 1. The monoisotopic (exact) mass is 347 g/mol. The van der Waals surface area contributed by atoms with Crippen LogP contribution in [0.25, 0.3) is 0 Å². The lowest BCUT2D eigenvalue weighted by Crippen LogP contribution is -2.42. The highest BCUT2D eigenvalue weighted by Crippen LogP contribution is 2.27. The van der Waals surface area contributed by atoms with Crippen LogP contribution in [0.3, 0.4) is 0 Å². The van der Waals surface area contributed by atoms with E-state index in [2.05, 4.69) is 5.32 Å². The van der Waals surface area contributed by atoms with Crippen LogP contribution in [-0.2, 0) is 9.59 Å². The summed E-state index contributed by atoms with van der Waals surface area (Å²) in [4.78, 5) is 25.0. The van der Waals surface area contributed by atoms with Gasteiger partial charge in [-0.1, -0.05) is 6.07 Å². The minimum atomic E-state index is -0.794. The van der Waals surface area contributed by atoms with E-state index in [9.17, 15) is 18.4 Å². The summed E-state index contributed by atoms with van der Waals surface area (Å²) < 4.78 is 27.5. The standard InChI is InChI=1S/C15H19F2N3O2.ClH/c1-9(18)5-6-13(21)19-12-7-8-20(15(12)22)14-10(16)3-2-4-11(14)17;/h2-4,9,12H,5-8,18H2,1H3,(H,19,21);1H. The number of hydrogen-bond acceptors (Lipinski definition) is 3. The number of benzene rings is 1. The van der Waals surface area contributed by atoms with Gasteiger partial charge in [0.05, 0.1) is 0 Å². The summed E-state index contributed by atoms with van der Waals surface area (Å²) in [6, 6.07) is 2.58. The largest absolute Gasteiger partial charge is 0.344 e. The van der Waals surface area contributed by atoms with E-state index in [1.54, 1.807) is 6.92 Å². The molecule has 1 aromatic rings. The van der Waals surface area contributed by atoms with Crippen LogP contribution < -0.4 is 16.0 Å². The SMILES string of the molecule is CC(N)CCC(=O)NC1CCN(c2c(F)cccc2F)C1=O.Cl. The third kappa shape index (κ3) is 4.62. The zero-order valence-electron chi connectivity index (χ0n) is 12.7. The van der Waals surface area contributed by atoms with Crippen molar-refractivity contribution in [2.24, 2.45) is 5.73 Å². The minimum Gasteiger partial charge on any atom is -0.344 e. The molecule has 23 heavy (non-hydrogen) atoms. The van der Waals surface area contributed by atoms with Gasteiger partial charge in [0.25, 0.3) is 0 Å². The molecular formula is C15H20ClF2N3O2. The predicted molar refractivity (Wildman–Crippen MR) is 85.4 cm³/mol. The average molecular weight is 348 g/mol. The molecule has 0 saturated carbocycles. The van der Waals surface area contributed by atoms with Crippen LogP contribution in [0.2, 0.25) is 0 Å². The molecule has 1 aliphatic heterocycles. The molecule has 1 aliphatic rings. The van der Waals surface area contributed by atoms with Crippen LogP contribution in [-0.4, -0.2) is 30.4 Å². The lowest BCUT2D eigenvalue weighted by Gasteiger charge is -2.18. The predicted octanol–water partition coefficient (Wildman–Crippen LogP) is 1.74. The Hall–Kier alpha value is -1.73. The molecule has 3 N–H and O–H groups in total. The van der Waals surface area contributed by atoms with Crippen LogP contribution in [0.15, 0.2) is 18.2 Å². The summed E-state index contributed by atoms with van der Waals surface area (Å²) in [6.07, 6.45) is 1.05. The first kappa shape index (κ1) is 19.3. The highest BCUT2D eigenvalue weighted by Gasteiger charge is 2.36. The van der Waals surface area contributed by atoms with E-state index in [0.717, 1.165) is 17.0 Å². The molecule has 5 nitrogen and oxygen atoms in total. The van der Waals surface area contributed by atoms with Crippen molar-refractivity contribution in [3.8, 4) is 0 Å². The Morgan fingerprint density at radius 1 is 1.43 bits per heavy atom. The molecule has 128 valence electrons. The van der Waals surface area contributed by atoms with Crippen LogP contribution >= 0.6 is 12.4 Å². The zero-order chi connectivity index (χ0) is 16.3. The number of carbonyl (C=O) groups is 2. The quantitative estimate of drug-likeness (QED) is 0.851. The molecule has 1 aromatic carbocycles. The summed E-state index contributed by atoms with van der Waals surface area (Å²) >= 11 is 0. The molecule has 2 atom stereocenters. The molecule has 2 rings (SSSR count). The molecule has 0 spiro atoms. The van der Waals surface area contributed by atoms with Crippen molar-refractivity contribution in [2.75, 3.05) is 11.4 Å². The van der Waals surface area contributed by atoms with Crippen LogP contribution in [0.1, 0.15) is 26.2 Å². The Morgan fingerprint density at radius 2 is 2.04 bits per heavy atom. The molecule has 2 amide bonds. The molecule has 0 radical (unpaired) electrons. The van der Waals surface area contributed by atoms with E-state index in [1.807, 2.05) is 0 Å². The van der Waals surface area contributed by atoms with Gasteiger partial charge in [-0.2, -0.15) is 0 Å². The van der Waals surface area contributed by atoms with Crippen LogP contribution in [0.4, 0.5) is 14.5 Å². The highest BCUT2D eigenvalue weighted by molar-refractivity contribution is 6.01. The first-order chi connectivity index (χ1) is 10.4. The topological polar surface area (TPSA) is 75.4 Å². The molecule has 0 aromatic heterocycles. The van der Waals surface area contributed by atoms with E-state index in [1.165, 1.54) is 6.07 Å². The van der Waals surface area contributed by atoms with Gasteiger partial charge in [-0.3, -0.25) is 9.59 Å². The van der Waals surface area contributed by atoms with Crippen molar-refractivity contribution in [1.82, 2.24) is 5.32 Å². The lowest BCUT2D eigenvalue weighted by atomic mass is 10.1. The second-order valence-corrected chi connectivity index (χ2v) is 5.48. The fraction of sp³-hybridized carbons (Fsp3) is 0.467. The zero-order valence-corrected chi connectivity index (χ0v) is 13.5. The van der Waals surface area contributed by atoms with E-state index in [0.29, 0.717) is 12.8 Å². The van der Waals surface area contributed by atoms with E-state index < -0.39 is 23.6 Å². The first-order valence-corrected chi connectivity index (χ1v) is 7.20. The molecule has 8 heteroatoms. The number of anilines is 1. The number of amides is 2. The molecule has 1 fully saturated rings. The van der Waals surface area contributed by atoms with Crippen molar-refractivity contribution < 1.29 is 18.4 Å². The summed E-state index contributed by atoms with van der Waals surface area (Å²) in [5.41, 5.74) is 5.21. The third-order valence-electron chi connectivity index (χ3n) is 3.57. The van der Waals surface area contributed by atoms with Gasteiger partial charge in [0.15, 0.2) is 0 Å². The second kappa shape index (κ2) is 8.21. The van der Waals surface area contributed by atoms with Crippen LogP contribution in [0.5, 0.6) is 0 Å². The third-order valence-corrected chi connectivity index (χ3v) is 3.57. The van der Waals surface area contributed by atoms with Gasteiger partial charge in [-0.25, -0.2) is 8.78 Å². The Labute approximate surface area is 139 Å². The number of nitrogens with zero attached hydrogens (tertiary/aromatic N) is 1. The Kier molecular flexibility index (Phi) is 6.90. The smallest absolute Gasteiger partial charge is 0.249 e. The fourth-order valence-corrected chi connectivity index (χ4v) is 2.41. The summed E-state index contributed by atoms with van der Waals surface area (Å²) in [5.74, 6) is -2.38. The van der Waals surface area contributed by atoms with Crippen molar-refractivity contribution in [2.45, 2.75) is 38.3 Å². The van der Waals surface area contributed by atoms with E-state index >= 15 is 0 Å². The summed E-state index contributed by atoms with van der Waals surface area (Å²) in [5, 5.41) is 2.59. The van der Waals surface area contributed by atoms with Gasteiger partial charge in [0.1, 0.15) is 23.4 Å². The summed E-state index contributed by atoms with van der Waals surface area (Å²) in [7, 11) is 0. The first-order valence-electron chi connectivity index (χ1n) is 7.20. The average Bonchev–Trinajstić information content (AvgIpc) is 2.78. The Bertz CT molecular complexity index is 564. The maximum Gasteiger partial charge on any atom is 0.249 e. The van der Waals surface area contributed by atoms with E-state index in [4.69, 9.17) is 5.73 Å².